The molecule has 0 unspecified atom stereocenters. The van der Waals surface area contributed by atoms with Gasteiger partial charge in [0.25, 0.3) is 0 Å². The second-order valence-electron chi connectivity index (χ2n) is 21.6. The maximum absolute atomic E-state index is 14.9. The van der Waals surface area contributed by atoms with Gasteiger partial charge in [0.2, 0.25) is 47.3 Å². The molecule has 23 nitrogen and oxygen atoms in total. The van der Waals surface area contributed by atoms with Crippen LogP contribution >= 0.6 is 0 Å². The topological polar surface area (TPSA) is 368 Å². The van der Waals surface area contributed by atoms with Crippen LogP contribution in [0.15, 0.2) is 133 Å². The molecule has 0 saturated carbocycles. The van der Waals surface area contributed by atoms with E-state index in [2.05, 4.69) is 37.2 Å². The predicted octanol–water partition coefficient (Wildman–Crippen LogP) is 1.17. The van der Waals surface area contributed by atoms with Gasteiger partial charge in [0.05, 0.1) is 18.7 Å². The summed E-state index contributed by atoms with van der Waals surface area (Å²) in [5, 5.41) is 67.7. The van der Waals surface area contributed by atoms with Crippen molar-refractivity contribution in [1.29, 1.82) is 0 Å². The van der Waals surface area contributed by atoms with Crippen molar-refractivity contribution >= 4 is 53.2 Å². The molecule has 9 atom stereocenters. The summed E-state index contributed by atoms with van der Waals surface area (Å²) in [6.45, 7) is 4.28. The van der Waals surface area contributed by atoms with Crippen LogP contribution in [0.2, 0.25) is 0 Å². The first-order valence-electron chi connectivity index (χ1n) is 28.0. The van der Waals surface area contributed by atoms with Gasteiger partial charge in [0, 0.05) is 32.2 Å². The molecule has 0 aromatic heterocycles. The molecule has 1 aliphatic rings. The zero-order chi connectivity index (χ0) is 61.7. The third-order valence-electron chi connectivity index (χ3n) is 14.2. The Balaban J connectivity index is 1.18. The third kappa shape index (κ3) is 20.2. The molecule has 1 fully saturated rings. The van der Waals surface area contributed by atoms with E-state index in [1.165, 1.54) is 65.6 Å². The molecule has 5 aromatic rings. The summed E-state index contributed by atoms with van der Waals surface area (Å²) >= 11 is 0. The number of hydrogen-bond donors (Lipinski definition) is 13. The van der Waals surface area contributed by atoms with Crippen LogP contribution in [-0.2, 0) is 75.3 Å². The van der Waals surface area contributed by atoms with Gasteiger partial charge in [-0.3, -0.25) is 38.4 Å². The number of nitrogens with one attached hydrogen (secondary N) is 7. The number of carboxylic acids is 1. The summed E-state index contributed by atoms with van der Waals surface area (Å²) in [5.41, 5.74) is 9.20. The summed E-state index contributed by atoms with van der Waals surface area (Å²) < 4.78 is 0. The largest absolute Gasteiger partial charge is 0.508 e. The number of benzene rings is 5. The second-order valence-corrected chi connectivity index (χ2v) is 21.6. The van der Waals surface area contributed by atoms with Gasteiger partial charge in [0.15, 0.2) is 6.04 Å². The number of carboxylic acid groups (broad SMARTS) is 1. The average Bonchev–Trinajstić information content (AvgIpc) is 2.99. The fourth-order valence-corrected chi connectivity index (χ4v) is 9.72. The molecule has 14 N–H and O–H groups in total. The van der Waals surface area contributed by atoms with Gasteiger partial charge in [-0.1, -0.05) is 111 Å². The molecule has 85 heavy (non-hydrogen) atoms. The summed E-state index contributed by atoms with van der Waals surface area (Å²) in [6, 6.07) is 24.7. The molecule has 0 spiro atoms. The van der Waals surface area contributed by atoms with Gasteiger partial charge >= 0.3 is 5.97 Å². The molecule has 0 aliphatic carbocycles. The molecule has 0 bridgehead atoms. The summed E-state index contributed by atoms with van der Waals surface area (Å²) in [4.78, 5) is 126. The number of phenolic OH excluding ortho intramolecular Hbond substituents is 3. The van der Waals surface area contributed by atoms with Crippen LogP contribution < -0.4 is 43.0 Å². The van der Waals surface area contributed by atoms with E-state index in [1.54, 1.807) is 72.8 Å². The highest BCUT2D eigenvalue weighted by Crippen LogP contribution is 2.21. The minimum absolute atomic E-state index is 0.0193. The number of aliphatic carboxylic acids is 1. The van der Waals surface area contributed by atoms with E-state index in [4.69, 9.17) is 5.73 Å². The van der Waals surface area contributed by atoms with Gasteiger partial charge in [-0.05, 0) is 103 Å². The summed E-state index contributed by atoms with van der Waals surface area (Å²) in [7, 11) is 0. The Morgan fingerprint density at radius 1 is 0.506 bits per heavy atom. The van der Waals surface area contributed by atoms with Gasteiger partial charge < -0.3 is 73.4 Å². The van der Waals surface area contributed by atoms with Gasteiger partial charge in [-0.2, -0.15) is 0 Å². The average molecular weight is 1170 g/mol. The fraction of sp³-hybridized carbons (Fsp3) is 0.371. The lowest BCUT2D eigenvalue weighted by molar-refractivity contribution is -0.145. The maximum Gasteiger partial charge on any atom is 0.328 e. The first-order valence-corrected chi connectivity index (χ1v) is 28.0. The highest BCUT2D eigenvalue weighted by molar-refractivity contribution is 5.98. The van der Waals surface area contributed by atoms with Gasteiger partial charge in [0.1, 0.15) is 53.5 Å². The number of aliphatic hydroxyl groups is 1. The predicted molar refractivity (Wildman–Crippen MR) is 312 cm³/mol. The molecule has 1 heterocycles. The van der Waals surface area contributed by atoms with Crippen molar-refractivity contribution in [2.45, 2.75) is 127 Å². The second kappa shape index (κ2) is 31.3. The van der Waals surface area contributed by atoms with Crippen molar-refractivity contribution in [2.24, 2.45) is 11.7 Å². The number of likely N-dealkylation sites (tertiary alicyclic amines) is 1. The molecule has 5 aromatic carbocycles. The lowest BCUT2D eigenvalue weighted by Crippen LogP contribution is -2.60. The van der Waals surface area contributed by atoms with E-state index in [9.17, 15) is 68.7 Å². The SMILES string of the molecule is CC(C)C[C@H](NC(=O)[C@@H](N)Cc1ccc(O)cc1)C(=O)N[C@@H](Cc1ccccc1)C(=O)N[C@@H](Cc1ccccc1)C(=O)N1CCC[C@H]1C(=O)NCC(=O)N[C@@H](Cc1ccc(O)cc1)C(=O)N[C@@H](Cc1ccc(O)cc1)C(=O)N[C@H](C(=O)O)[C@@H](C)O. The van der Waals surface area contributed by atoms with Crippen LogP contribution in [0.25, 0.3) is 0 Å². The van der Waals surface area contributed by atoms with E-state index in [0.717, 1.165) is 6.92 Å². The van der Waals surface area contributed by atoms with E-state index in [1.807, 2.05) is 13.8 Å². The van der Waals surface area contributed by atoms with Crippen molar-refractivity contribution < 1.29 is 68.7 Å². The van der Waals surface area contributed by atoms with Crippen LogP contribution in [0.1, 0.15) is 67.9 Å². The molecule has 8 amide bonds. The van der Waals surface area contributed by atoms with Crippen molar-refractivity contribution in [3.8, 4) is 17.2 Å². The monoisotopic (exact) mass is 1170 g/mol. The zero-order valence-corrected chi connectivity index (χ0v) is 47.5. The molecule has 452 valence electrons. The number of nitrogens with zero attached hydrogens (tertiary/aromatic N) is 1. The number of nitrogens with two attached hydrogens (primary N) is 1. The Kier molecular flexibility index (Phi) is 23.9. The summed E-state index contributed by atoms with van der Waals surface area (Å²) in [6.07, 6.45) is -1.17. The quantitative estimate of drug-likeness (QED) is 0.0320. The molecule has 1 saturated heterocycles. The lowest BCUT2D eigenvalue weighted by Gasteiger charge is -2.30. The Hall–Kier alpha value is -9.35. The van der Waals surface area contributed by atoms with Crippen LogP contribution in [0.5, 0.6) is 17.2 Å². The number of carbonyl (C=O) groups is 9. The summed E-state index contributed by atoms with van der Waals surface area (Å²) in [5.74, 6) is -7.90. The van der Waals surface area contributed by atoms with E-state index in [0.29, 0.717) is 34.2 Å². The van der Waals surface area contributed by atoms with Crippen LogP contribution in [0, 0.1) is 5.92 Å². The lowest BCUT2D eigenvalue weighted by atomic mass is 9.99. The van der Waals surface area contributed by atoms with E-state index in [-0.39, 0.29) is 74.7 Å². The van der Waals surface area contributed by atoms with Crippen LogP contribution in [0.4, 0.5) is 0 Å². The Morgan fingerprint density at radius 3 is 1.34 bits per heavy atom. The van der Waals surface area contributed by atoms with E-state index >= 15 is 0 Å². The smallest absolute Gasteiger partial charge is 0.328 e. The Morgan fingerprint density at radius 2 is 0.894 bits per heavy atom. The number of amides is 8. The zero-order valence-electron chi connectivity index (χ0n) is 47.5. The van der Waals surface area contributed by atoms with Gasteiger partial charge in [-0.15, -0.1) is 0 Å². The first kappa shape index (κ1) is 64.8. The highest BCUT2D eigenvalue weighted by atomic mass is 16.4. The minimum atomic E-state index is -1.76. The number of rotatable bonds is 29. The normalized spacial score (nSPS) is 15.7. The molecule has 23 heteroatoms. The van der Waals surface area contributed by atoms with Crippen molar-refractivity contribution in [2.75, 3.05) is 13.1 Å². The highest BCUT2D eigenvalue weighted by Gasteiger charge is 2.40. The molecular formula is C62H75N9O14. The number of hydrogen-bond acceptors (Lipinski definition) is 14. The van der Waals surface area contributed by atoms with Crippen LogP contribution in [0.3, 0.4) is 0 Å². The molecule has 0 radical (unpaired) electrons. The van der Waals surface area contributed by atoms with Crippen molar-refractivity contribution in [3.63, 3.8) is 0 Å². The van der Waals surface area contributed by atoms with Gasteiger partial charge in [-0.25, -0.2) is 4.79 Å². The first-order chi connectivity index (χ1) is 40.5. The van der Waals surface area contributed by atoms with E-state index < -0.39 is 114 Å². The van der Waals surface area contributed by atoms with Crippen molar-refractivity contribution in [3.05, 3.63) is 161 Å². The minimum Gasteiger partial charge on any atom is -0.508 e. The third-order valence-corrected chi connectivity index (χ3v) is 14.2. The maximum atomic E-state index is 14.9. The number of aromatic hydroxyl groups is 3. The number of carbonyl (C=O) groups excluding carboxylic acids is 8. The number of aliphatic hydroxyl groups excluding tert-OH is 1. The van der Waals surface area contributed by atoms with Crippen molar-refractivity contribution in [1.82, 2.24) is 42.1 Å². The van der Waals surface area contributed by atoms with Crippen LogP contribution in [-0.4, -0.2) is 151 Å². The molecular weight excluding hydrogens is 1090 g/mol. The Labute approximate surface area is 492 Å². The molecule has 1 aliphatic heterocycles. The fourth-order valence-electron chi connectivity index (χ4n) is 9.72. The standard InChI is InChI=1S/C62H75N9O14/c1-36(2)29-47(66-55(77)46(63)30-40-16-22-43(73)23-17-40)56(78)67-49(31-38-11-6-4-7-12-38)58(80)69-51(34-39-13-8-5-9-14-39)61(83)71-28-10-15-52(71)60(82)64-35-53(76)65-48(32-41-18-24-44(74)25-19-41)57(79)68-50(33-42-20-26-45(75)27-21-42)59(81)70-54(37(3)72)62(84)85/h4-9,11-14,16-27,36-37,46-52,54,72-75H,10,15,28-35,63H2,1-3H3,(H,64,82)(H,65,76)(H,66,77)(H,67,78)(H,68,79)(H,69,80)(H,70,81)(H,84,85)/t37-,46+,47+,48+,49+,50+,51+,52+,54+/m1/s1. The Bertz CT molecular complexity index is 3080. The number of phenols is 3. The molecule has 6 rings (SSSR count).